The Hall–Kier alpha value is -4.33. The van der Waals surface area contributed by atoms with E-state index in [1.807, 2.05) is 47.9 Å². The molecule has 2 amide bonds. The van der Waals surface area contributed by atoms with Gasteiger partial charge in [-0.1, -0.05) is 18.2 Å². The summed E-state index contributed by atoms with van der Waals surface area (Å²) in [6.07, 6.45) is 6.99. The molecule has 4 N–H and O–H groups in total. The Morgan fingerprint density at radius 1 is 1.17 bits per heavy atom. The van der Waals surface area contributed by atoms with Crippen molar-refractivity contribution in [2.24, 2.45) is 0 Å². The number of morpholine rings is 1. The summed E-state index contributed by atoms with van der Waals surface area (Å²) in [6, 6.07) is 8.06. The van der Waals surface area contributed by atoms with Crippen molar-refractivity contribution in [1.82, 2.24) is 45.6 Å². The van der Waals surface area contributed by atoms with Crippen LogP contribution in [0.5, 0.6) is 0 Å². The molecule has 1 saturated heterocycles. The number of nitrogens with one attached hydrogen (secondary N) is 4. The lowest BCUT2D eigenvalue weighted by atomic mass is 10.1. The standard InChI is InChI=1S/C28H36N10O3/c1-36(2)10-4-7-25(39)31-18-26(40)30-9-8-29-16-20-15-24-28(37-11-13-41-14-12-37)33-27(35-38(24)19-20)21-5-3-6-23-22(21)17-32-34-23/h3-7,15,17,19,29H,8-14,16,18H2,1-2H3,(H,30,40)(H,31,39)(H,32,34)/b7-4+. The van der Waals surface area contributed by atoms with E-state index in [1.54, 1.807) is 12.3 Å². The van der Waals surface area contributed by atoms with Crippen LogP contribution in [-0.2, 0) is 20.9 Å². The van der Waals surface area contributed by atoms with Crippen LogP contribution < -0.4 is 20.9 Å². The third kappa shape index (κ3) is 7.25. The quantitative estimate of drug-likeness (QED) is 0.144. The lowest BCUT2D eigenvalue weighted by molar-refractivity contribution is -0.123. The minimum atomic E-state index is -0.287. The number of aromatic amines is 1. The molecular formula is C28H36N10O3. The molecule has 1 fully saturated rings. The zero-order valence-electron chi connectivity index (χ0n) is 23.4. The van der Waals surface area contributed by atoms with Crippen molar-refractivity contribution in [1.29, 1.82) is 0 Å². The molecule has 3 aromatic heterocycles. The average Bonchev–Trinajstić information content (AvgIpc) is 3.62. The number of amides is 2. The van der Waals surface area contributed by atoms with Crippen molar-refractivity contribution < 1.29 is 14.3 Å². The molecule has 0 spiro atoms. The molecule has 5 rings (SSSR count). The molecule has 4 aromatic rings. The van der Waals surface area contributed by atoms with E-state index in [2.05, 4.69) is 37.1 Å². The van der Waals surface area contributed by atoms with Crippen LogP contribution >= 0.6 is 0 Å². The van der Waals surface area contributed by atoms with Crippen LogP contribution in [0.25, 0.3) is 27.8 Å². The topological polar surface area (TPSA) is 145 Å². The first kappa shape index (κ1) is 28.2. The number of hydrogen-bond acceptors (Lipinski definition) is 9. The fraction of sp³-hybridized carbons (Fsp3) is 0.393. The first-order valence-electron chi connectivity index (χ1n) is 13.7. The van der Waals surface area contributed by atoms with Crippen LogP contribution in [0, 0.1) is 0 Å². The van der Waals surface area contributed by atoms with E-state index < -0.39 is 0 Å². The van der Waals surface area contributed by atoms with Crippen LogP contribution in [0.1, 0.15) is 5.56 Å². The maximum absolute atomic E-state index is 12.1. The highest BCUT2D eigenvalue weighted by molar-refractivity contribution is 5.93. The highest BCUT2D eigenvalue weighted by Gasteiger charge is 2.20. The number of carbonyl (C=O) groups is 2. The molecule has 0 unspecified atom stereocenters. The molecular weight excluding hydrogens is 524 g/mol. The molecule has 0 aliphatic carbocycles. The molecule has 1 aliphatic rings. The second-order valence-electron chi connectivity index (χ2n) is 10.1. The molecule has 0 radical (unpaired) electrons. The molecule has 1 aromatic carbocycles. The monoisotopic (exact) mass is 560 g/mol. The lowest BCUT2D eigenvalue weighted by Crippen LogP contribution is -2.39. The van der Waals surface area contributed by atoms with Crippen molar-refractivity contribution in [2.45, 2.75) is 6.54 Å². The molecule has 13 heteroatoms. The van der Waals surface area contributed by atoms with Crippen LogP contribution in [0.15, 0.2) is 48.8 Å². The normalized spacial score (nSPS) is 14.0. The molecule has 0 saturated carbocycles. The summed E-state index contributed by atoms with van der Waals surface area (Å²) >= 11 is 0. The van der Waals surface area contributed by atoms with Gasteiger partial charge in [0, 0.05) is 62.5 Å². The van der Waals surface area contributed by atoms with Gasteiger partial charge >= 0.3 is 0 Å². The Balaban J connectivity index is 1.20. The van der Waals surface area contributed by atoms with Crippen molar-refractivity contribution in [3.63, 3.8) is 0 Å². The third-order valence-corrected chi connectivity index (χ3v) is 6.65. The number of carbonyl (C=O) groups excluding carboxylic acids is 2. The summed E-state index contributed by atoms with van der Waals surface area (Å²) in [6.45, 7) is 5.03. The number of nitrogens with zero attached hydrogens (tertiary/aromatic N) is 6. The first-order chi connectivity index (χ1) is 20.0. The van der Waals surface area contributed by atoms with Gasteiger partial charge in [-0.25, -0.2) is 9.50 Å². The molecule has 0 atom stereocenters. The number of ether oxygens (including phenoxy) is 1. The molecule has 41 heavy (non-hydrogen) atoms. The third-order valence-electron chi connectivity index (χ3n) is 6.65. The van der Waals surface area contributed by atoms with Gasteiger partial charge in [-0.15, -0.1) is 5.10 Å². The Labute approximate surface area is 237 Å². The number of aromatic nitrogens is 5. The molecule has 13 nitrogen and oxygen atoms in total. The summed E-state index contributed by atoms with van der Waals surface area (Å²) in [5.74, 6) is 0.978. The summed E-state index contributed by atoms with van der Waals surface area (Å²) < 4.78 is 7.46. The van der Waals surface area contributed by atoms with Gasteiger partial charge in [-0.2, -0.15) is 5.10 Å². The lowest BCUT2D eigenvalue weighted by Gasteiger charge is -2.28. The predicted octanol–water partition coefficient (Wildman–Crippen LogP) is 0.549. The average molecular weight is 561 g/mol. The van der Waals surface area contributed by atoms with Crippen molar-refractivity contribution in [3.05, 3.63) is 54.4 Å². The van der Waals surface area contributed by atoms with Gasteiger partial charge in [0.2, 0.25) is 11.8 Å². The number of fused-ring (bicyclic) bond motifs is 2. The Morgan fingerprint density at radius 3 is 2.85 bits per heavy atom. The summed E-state index contributed by atoms with van der Waals surface area (Å²) in [4.78, 5) is 33.0. The minimum Gasteiger partial charge on any atom is -0.378 e. The largest absolute Gasteiger partial charge is 0.378 e. The van der Waals surface area contributed by atoms with Crippen molar-refractivity contribution >= 4 is 34.1 Å². The SMILES string of the molecule is CN(C)C/C=C/C(=O)NCC(=O)NCCNCc1cc2c(N3CCOCC3)nc(-c3cccc4[nH]ncc34)nn2c1. The summed E-state index contributed by atoms with van der Waals surface area (Å²) in [5.41, 5.74) is 3.83. The zero-order chi connectivity index (χ0) is 28.6. The van der Waals surface area contributed by atoms with Gasteiger partial charge in [0.25, 0.3) is 0 Å². The Morgan fingerprint density at radius 2 is 2.02 bits per heavy atom. The fourth-order valence-corrected chi connectivity index (χ4v) is 4.60. The van der Waals surface area contributed by atoms with Gasteiger partial charge in [0.1, 0.15) is 5.52 Å². The number of likely N-dealkylation sites (N-methyl/N-ethyl adjacent to an activating group) is 1. The van der Waals surface area contributed by atoms with E-state index in [0.717, 1.165) is 46.5 Å². The number of benzene rings is 1. The van der Waals surface area contributed by atoms with E-state index in [0.29, 0.717) is 45.2 Å². The second-order valence-corrected chi connectivity index (χ2v) is 10.1. The van der Waals surface area contributed by atoms with Gasteiger partial charge in [0.05, 0.1) is 31.5 Å². The van der Waals surface area contributed by atoms with E-state index >= 15 is 0 Å². The fourth-order valence-electron chi connectivity index (χ4n) is 4.60. The van der Waals surface area contributed by atoms with Crippen LogP contribution in [0.2, 0.25) is 0 Å². The van der Waals surface area contributed by atoms with Crippen LogP contribution in [0.4, 0.5) is 5.82 Å². The second kappa shape index (κ2) is 13.4. The molecule has 4 heterocycles. The van der Waals surface area contributed by atoms with Crippen molar-refractivity contribution in [2.75, 3.05) is 71.5 Å². The van der Waals surface area contributed by atoms with Gasteiger partial charge < -0.3 is 30.5 Å². The molecule has 0 bridgehead atoms. The van der Waals surface area contributed by atoms with Gasteiger partial charge in [-0.05, 0) is 31.8 Å². The van der Waals surface area contributed by atoms with Gasteiger partial charge in [0.15, 0.2) is 11.6 Å². The number of rotatable bonds is 12. The highest BCUT2D eigenvalue weighted by atomic mass is 16.5. The number of anilines is 1. The zero-order valence-corrected chi connectivity index (χ0v) is 23.4. The van der Waals surface area contributed by atoms with E-state index in [1.165, 1.54) is 6.08 Å². The van der Waals surface area contributed by atoms with Crippen LogP contribution in [0.3, 0.4) is 0 Å². The predicted molar refractivity (Wildman–Crippen MR) is 157 cm³/mol. The number of H-pyrrole nitrogens is 1. The Kier molecular flexibility index (Phi) is 9.19. The molecule has 216 valence electrons. The van der Waals surface area contributed by atoms with E-state index in [-0.39, 0.29) is 18.4 Å². The summed E-state index contributed by atoms with van der Waals surface area (Å²) in [7, 11) is 3.83. The van der Waals surface area contributed by atoms with E-state index in [4.69, 9.17) is 14.8 Å². The Bertz CT molecular complexity index is 1520. The van der Waals surface area contributed by atoms with E-state index in [9.17, 15) is 9.59 Å². The maximum Gasteiger partial charge on any atom is 0.244 e. The van der Waals surface area contributed by atoms with Crippen LogP contribution in [-0.4, -0.2) is 108 Å². The molecule has 1 aliphatic heterocycles. The first-order valence-corrected chi connectivity index (χ1v) is 13.7. The highest BCUT2D eigenvalue weighted by Crippen LogP contribution is 2.29. The van der Waals surface area contributed by atoms with Gasteiger partial charge in [-0.3, -0.25) is 14.7 Å². The summed E-state index contributed by atoms with van der Waals surface area (Å²) in [5, 5.41) is 21.8. The van der Waals surface area contributed by atoms with Crippen molar-refractivity contribution in [3.8, 4) is 11.4 Å². The minimum absolute atomic E-state index is 0.0616. The smallest absolute Gasteiger partial charge is 0.244 e. The number of hydrogen-bond donors (Lipinski definition) is 4. The maximum atomic E-state index is 12.1.